The average molecular weight is 421 g/mol. The summed E-state index contributed by atoms with van der Waals surface area (Å²) in [7, 11) is 0. The molecule has 1 aliphatic heterocycles. The second-order valence-electron chi connectivity index (χ2n) is 6.88. The zero-order valence-corrected chi connectivity index (χ0v) is 17.0. The molecule has 9 heteroatoms. The number of carbonyl (C=O) groups is 1. The molecule has 164 valence electrons. The highest BCUT2D eigenvalue weighted by atomic mass is 16.5. The number of benzene rings is 2. The average Bonchev–Trinajstić information content (AvgIpc) is 2.69. The van der Waals surface area contributed by atoms with Crippen molar-refractivity contribution in [2.45, 2.75) is 33.0 Å². The maximum atomic E-state index is 12.2. The van der Waals surface area contributed by atoms with E-state index in [0.717, 1.165) is 24.3 Å². The topological polar surface area (TPSA) is 155 Å². The third kappa shape index (κ3) is 4.69. The Kier molecular flexibility index (Phi) is 7.36. The normalized spacial score (nSPS) is 17.7. The van der Waals surface area contributed by atoms with E-state index in [2.05, 4.69) is 20.8 Å². The number of quaternary nitrogens is 1. The summed E-state index contributed by atoms with van der Waals surface area (Å²) in [6, 6.07) is 3.91. The summed E-state index contributed by atoms with van der Waals surface area (Å²) < 4.78 is 5.40. The number of ether oxygens (including phenoxy) is 1. The lowest BCUT2D eigenvalue weighted by Crippen LogP contribution is -3.11. The van der Waals surface area contributed by atoms with E-state index >= 15 is 0 Å². The quantitative estimate of drug-likeness (QED) is 0.409. The summed E-state index contributed by atoms with van der Waals surface area (Å²) in [6.07, 6.45) is -3.08. The molecular weight excluding hydrogens is 394 g/mol. The fourth-order valence-corrected chi connectivity index (χ4v) is 3.20. The largest absolute Gasteiger partial charge is 0.867 e. The van der Waals surface area contributed by atoms with Gasteiger partial charge in [0.1, 0.15) is 34.3 Å². The Morgan fingerprint density at radius 2 is 1.47 bits per heavy atom. The molecule has 0 spiro atoms. The minimum Gasteiger partial charge on any atom is -0.867 e. The Morgan fingerprint density at radius 3 is 1.93 bits per heavy atom. The van der Waals surface area contributed by atoms with Crippen LogP contribution in [0.15, 0.2) is 24.3 Å². The van der Waals surface area contributed by atoms with Crippen LogP contribution in [0.4, 0.5) is 0 Å². The SMILES string of the molecule is CC[NH+](CC)CC.O=C1c2c(O)cc(O)cc2O[C@H](c2cc(O)c([O-])c(O)c2)[C@H]1O. The van der Waals surface area contributed by atoms with Gasteiger partial charge in [-0.25, -0.2) is 0 Å². The molecule has 0 fully saturated rings. The van der Waals surface area contributed by atoms with E-state index in [1.54, 1.807) is 4.90 Å². The molecule has 0 radical (unpaired) electrons. The van der Waals surface area contributed by atoms with Crippen LogP contribution in [0.25, 0.3) is 0 Å². The number of phenolic OH excluding ortho intramolecular Hbond substituents is 4. The van der Waals surface area contributed by atoms with E-state index in [1.807, 2.05) is 0 Å². The van der Waals surface area contributed by atoms with Crippen LogP contribution in [0.3, 0.4) is 0 Å². The highest BCUT2D eigenvalue weighted by Gasteiger charge is 2.39. The summed E-state index contributed by atoms with van der Waals surface area (Å²) in [5.41, 5.74) is -0.311. The predicted molar refractivity (Wildman–Crippen MR) is 105 cm³/mol. The molecule has 2 atom stereocenters. The smallest absolute Gasteiger partial charge is 0.202 e. The number of fused-ring (bicyclic) bond motifs is 1. The highest BCUT2D eigenvalue weighted by Crippen LogP contribution is 2.44. The van der Waals surface area contributed by atoms with Crippen LogP contribution in [-0.4, -0.2) is 57.1 Å². The first kappa shape index (κ1) is 23.1. The van der Waals surface area contributed by atoms with Gasteiger partial charge in [-0.3, -0.25) is 4.79 Å². The van der Waals surface area contributed by atoms with Gasteiger partial charge in [0.05, 0.1) is 19.6 Å². The standard InChI is InChI=1S/C15H12O8.C6H15N/c16-6-3-7(17)11-10(4-6)23-15(14(22)13(11)21)5-1-8(18)12(20)9(19)2-5;1-4-7(5-2)6-3/h1-4,14-20,22H;4-6H2,1-3H3/t14-,15+;/m0./s1. The summed E-state index contributed by atoms with van der Waals surface area (Å²) in [4.78, 5) is 13.9. The molecule has 3 rings (SSSR count). The van der Waals surface area contributed by atoms with Crippen molar-refractivity contribution in [1.29, 1.82) is 0 Å². The van der Waals surface area contributed by atoms with Gasteiger partial charge < -0.3 is 40.3 Å². The number of nitrogens with one attached hydrogen (secondary N) is 1. The van der Waals surface area contributed by atoms with Gasteiger partial charge in [-0.05, 0) is 38.7 Å². The molecule has 0 unspecified atom stereocenters. The zero-order valence-electron chi connectivity index (χ0n) is 17.0. The zero-order chi connectivity index (χ0) is 22.6. The molecule has 2 aromatic rings. The highest BCUT2D eigenvalue weighted by molar-refractivity contribution is 6.05. The van der Waals surface area contributed by atoms with Crippen LogP contribution in [0, 0.1) is 0 Å². The van der Waals surface area contributed by atoms with Crippen molar-refractivity contribution in [3.8, 4) is 34.5 Å². The lowest BCUT2D eigenvalue weighted by molar-refractivity contribution is -0.894. The fraction of sp³-hybridized carbons (Fsp3) is 0.381. The maximum Gasteiger partial charge on any atom is 0.202 e. The Bertz CT molecular complexity index is 882. The van der Waals surface area contributed by atoms with Crippen molar-refractivity contribution in [3.63, 3.8) is 0 Å². The van der Waals surface area contributed by atoms with E-state index in [1.165, 1.54) is 19.6 Å². The number of carbonyl (C=O) groups excluding carboxylic acids is 1. The molecule has 6 N–H and O–H groups in total. The molecule has 0 saturated carbocycles. The van der Waals surface area contributed by atoms with Crippen LogP contribution >= 0.6 is 0 Å². The van der Waals surface area contributed by atoms with Crippen molar-refractivity contribution in [2.75, 3.05) is 19.6 Å². The molecule has 9 nitrogen and oxygen atoms in total. The number of aromatic hydroxyl groups is 4. The molecule has 0 amide bonds. The third-order valence-electron chi connectivity index (χ3n) is 5.02. The minimum absolute atomic E-state index is 0.0195. The molecule has 0 saturated heterocycles. The number of aliphatic hydroxyl groups is 1. The number of phenols is 4. The van der Waals surface area contributed by atoms with Crippen LogP contribution in [0.2, 0.25) is 0 Å². The summed E-state index contributed by atoms with van der Waals surface area (Å²) in [6.45, 7) is 10.5. The van der Waals surface area contributed by atoms with Crippen molar-refractivity contribution in [2.24, 2.45) is 0 Å². The van der Waals surface area contributed by atoms with Gasteiger partial charge in [0, 0.05) is 17.7 Å². The molecule has 1 aliphatic rings. The van der Waals surface area contributed by atoms with E-state index in [4.69, 9.17) is 4.74 Å². The van der Waals surface area contributed by atoms with Gasteiger partial charge in [-0.2, -0.15) is 0 Å². The molecule has 0 aliphatic carbocycles. The van der Waals surface area contributed by atoms with E-state index in [9.17, 15) is 35.4 Å². The monoisotopic (exact) mass is 421 g/mol. The number of ketones is 1. The first-order valence-corrected chi connectivity index (χ1v) is 9.65. The second kappa shape index (κ2) is 9.55. The molecule has 1 heterocycles. The number of Topliss-reactive ketones (excluding diaryl/α,β-unsaturated/α-hetero) is 1. The maximum absolute atomic E-state index is 12.2. The van der Waals surface area contributed by atoms with Crippen LogP contribution < -0.4 is 14.7 Å². The van der Waals surface area contributed by atoms with Crippen LogP contribution in [0.5, 0.6) is 34.5 Å². The van der Waals surface area contributed by atoms with Gasteiger partial charge in [-0.1, -0.05) is 0 Å². The molecular formula is C21H27NO8. The number of aliphatic hydroxyl groups excluding tert-OH is 1. The minimum atomic E-state index is -1.74. The van der Waals surface area contributed by atoms with Gasteiger partial charge in [-0.15, -0.1) is 0 Å². The van der Waals surface area contributed by atoms with Gasteiger partial charge in [0.25, 0.3) is 0 Å². The third-order valence-corrected chi connectivity index (χ3v) is 5.02. The van der Waals surface area contributed by atoms with Gasteiger partial charge in [0.15, 0.2) is 12.2 Å². The summed E-state index contributed by atoms with van der Waals surface area (Å²) in [5.74, 6) is -4.48. The summed E-state index contributed by atoms with van der Waals surface area (Å²) >= 11 is 0. The van der Waals surface area contributed by atoms with Crippen LogP contribution in [-0.2, 0) is 0 Å². The summed E-state index contributed by atoms with van der Waals surface area (Å²) in [5, 5.41) is 59.5. The predicted octanol–water partition coefficient (Wildman–Crippen LogP) is 0.191. The Balaban J connectivity index is 0.000000396. The number of hydrogen-bond acceptors (Lipinski definition) is 8. The lowest BCUT2D eigenvalue weighted by Gasteiger charge is -2.30. The lowest BCUT2D eigenvalue weighted by atomic mass is 9.92. The molecule has 0 bridgehead atoms. The number of rotatable bonds is 4. The molecule has 2 aromatic carbocycles. The van der Waals surface area contributed by atoms with E-state index in [-0.39, 0.29) is 22.6 Å². The van der Waals surface area contributed by atoms with Crippen molar-refractivity contribution in [1.82, 2.24) is 0 Å². The Hall–Kier alpha value is -3.17. The number of hydrogen-bond donors (Lipinski definition) is 6. The fourth-order valence-electron chi connectivity index (χ4n) is 3.20. The van der Waals surface area contributed by atoms with Gasteiger partial charge >= 0.3 is 0 Å². The first-order chi connectivity index (χ1) is 14.1. The molecule has 30 heavy (non-hydrogen) atoms. The van der Waals surface area contributed by atoms with E-state index < -0.39 is 41.0 Å². The Morgan fingerprint density at radius 1 is 0.933 bits per heavy atom. The van der Waals surface area contributed by atoms with Crippen molar-refractivity contribution < 1.29 is 45.1 Å². The first-order valence-electron chi connectivity index (χ1n) is 9.65. The van der Waals surface area contributed by atoms with Crippen molar-refractivity contribution in [3.05, 3.63) is 35.4 Å². The van der Waals surface area contributed by atoms with Crippen LogP contribution in [0.1, 0.15) is 42.8 Å². The van der Waals surface area contributed by atoms with Crippen molar-refractivity contribution >= 4 is 5.78 Å². The molecule has 0 aromatic heterocycles. The van der Waals surface area contributed by atoms with Gasteiger partial charge in [0.2, 0.25) is 5.78 Å². The Labute approximate surface area is 174 Å². The van der Waals surface area contributed by atoms with E-state index in [0.29, 0.717) is 0 Å². The second-order valence-corrected chi connectivity index (χ2v) is 6.88.